The summed E-state index contributed by atoms with van der Waals surface area (Å²) in [5.74, 6) is 0. The van der Waals surface area contributed by atoms with Gasteiger partial charge < -0.3 is 10.7 Å². The number of rotatable bonds is 2. The molecule has 0 aliphatic heterocycles. The summed E-state index contributed by atoms with van der Waals surface area (Å²) in [6.07, 6.45) is 2.89. The van der Waals surface area contributed by atoms with Crippen LogP contribution in [0.1, 0.15) is 12.5 Å². The van der Waals surface area contributed by atoms with E-state index >= 15 is 0 Å². The van der Waals surface area contributed by atoms with E-state index in [9.17, 15) is 0 Å². The Morgan fingerprint density at radius 3 is 3.00 bits per heavy atom. The van der Waals surface area contributed by atoms with Gasteiger partial charge in [-0.2, -0.15) is 0 Å². The van der Waals surface area contributed by atoms with Gasteiger partial charge >= 0.3 is 0 Å². The van der Waals surface area contributed by atoms with E-state index in [4.69, 9.17) is 17.3 Å². The SMILES string of the molecule is C[C@@H](N)Cc1c[nH]c2cc(Cl)ccc12. The molecule has 2 aromatic rings. The Kier molecular flexibility index (Phi) is 2.48. The molecule has 0 aliphatic rings. The first-order valence-electron chi connectivity index (χ1n) is 4.68. The highest BCUT2D eigenvalue weighted by Gasteiger charge is 2.05. The second-order valence-corrected chi connectivity index (χ2v) is 4.12. The Morgan fingerprint density at radius 2 is 2.29 bits per heavy atom. The maximum atomic E-state index is 5.89. The molecule has 2 rings (SSSR count). The average molecular weight is 209 g/mol. The fourth-order valence-electron chi connectivity index (χ4n) is 1.67. The van der Waals surface area contributed by atoms with Crippen LogP contribution in [0.2, 0.25) is 5.02 Å². The predicted molar refractivity (Wildman–Crippen MR) is 60.7 cm³/mol. The minimum atomic E-state index is 0.185. The molecule has 0 unspecified atom stereocenters. The number of hydrogen-bond acceptors (Lipinski definition) is 1. The van der Waals surface area contributed by atoms with E-state index in [1.807, 2.05) is 31.3 Å². The summed E-state index contributed by atoms with van der Waals surface area (Å²) in [5.41, 5.74) is 8.10. The van der Waals surface area contributed by atoms with Crippen molar-refractivity contribution in [3.8, 4) is 0 Å². The van der Waals surface area contributed by atoms with Gasteiger partial charge in [-0.05, 0) is 31.0 Å². The number of nitrogens with two attached hydrogens (primary N) is 1. The molecule has 0 saturated carbocycles. The zero-order chi connectivity index (χ0) is 10.1. The number of aromatic amines is 1. The quantitative estimate of drug-likeness (QED) is 0.783. The molecule has 0 bridgehead atoms. The van der Waals surface area contributed by atoms with E-state index in [1.54, 1.807) is 0 Å². The second-order valence-electron chi connectivity index (χ2n) is 3.69. The van der Waals surface area contributed by atoms with Gasteiger partial charge in [-0.3, -0.25) is 0 Å². The molecule has 0 saturated heterocycles. The number of aromatic nitrogens is 1. The molecule has 1 heterocycles. The van der Waals surface area contributed by atoms with Crippen LogP contribution >= 0.6 is 11.6 Å². The fourth-order valence-corrected chi connectivity index (χ4v) is 1.85. The standard InChI is InChI=1S/C11H13ClN2/c1-7(13)4-8-6-14-11-5-9(12)2-3-10(8)11/h2-3,5-7,14H,4,13H2,1H3/t7-/m1/s1. The van der Waals surface area contributed by atoms with Gasteiger partial charge in [0.15, 0.2) is 0 Å². The second kappa shape index (κ2) is 3.64. The van der Waals surface area contributed by atoms with Crippen molar-refractivity contribution >= 4 is 22.5 Å². The van der Waals surface area contributed by atoms with Crippen LogP contribution in [0.3, 0.4) is 0 Å². The number of hydrogen-bond donors (Lipinski definition) is 2. The third kappa shape index (κ3) is 1.76. The molecule has 1 atom stereocenters. The molecule has 1 aromatic heterocycles. The lowest BCUT2D eigenvalue weighted by Crippen LogP contribution is -2.17. The summed E-state index contributed by atoms with van der Waals surface area (Å²) in [6.45, 7) is 2.01. The van der Waals surface area contributed by atoms with E-state index in [0.29, 0.717) is 0 Å². The lowest BCUT2D eigenvalue weighted by molar-refractivity contribution is 0.741. The largest absolute Gasteiger partial charge is 0.361 e. The van der Waals surface area contributed by atoms with Crippen molar-refractivity contribution in [1.82, 2.24) is 4.98 Å². The molecule has 0 amide bonds. The van der Waals surface area contributed by atoms with Crippen molar-refractivity contribution in [2.75, 3.05) is 0 Å². The van der Waals surface area contributed by atoms with Crippen LogP contribution in [-0.2, 0) is 6.42 Å². The molecular formula is C11H13ClN2. The average Bonchev–Trinajstić information content (AvgIpc) is 2.47. The highest BCUT2D eigenvalue weighted by molar-refractivity contribution is 6.31. The Balaban J connectivity index is 2.47. The maximum absolute atomic E-state index is 5.89. The van der Waals surface area contributed by atoms with Crippen molar-refractivity contribution in [2.45, 2.75) is 19.4 Å². The van der Waals surface area contributed by atoms with Gasteiger partial charge in [0.25, 0.3) is 0 Å². The van der Waals surface area contributed by atoms with Gasteiger partial charge in [0.05, 0.1) is 0 Å². The highest BCUT2D eigenvalue weighted by atomic mass is 35.5. The summed E-state index contributed by atoms with van der Waals surface area (Å²) in [5, 5.41) is 1.97. The minimum Gasteiger partial charge on any atom is -0.361 e. The van der Waals surface area contributed by atoms with Gasteiger partial charge in [-0.1, -0.05) is 17.7 Å². The van der Waals surface area contributed by atoms with E-state index in [1.165, 1.54) is 10.9 Å². The fraction of sp³-hybridized carbons (Fsp3) is 0.273. The molecule has 3 heteroatoms. The molecule has 0 radical (unpaired) electrons. The Hall–Kier alpha value is -0.990. The van der Waals surface area contributed by atoms with Crippen molar-refractivity contribution in [1.29, 1.82) is 0 Å². The van der Waals surface area contributed by atoms with Crippen LogP contribution in [0.15, 0.2) is 24.4 Å². The van der Waals surface area contributed by atoms with Crippen molar-refractivity contribution < 1.29 is 0 Å². The van der Waals surface area contributed by atoms with Crippen LogP contribution in [-0.4, -0.2) is 11.0 Å². The van der Waals surface area contributed by atoms with E-state index in [0.717, 1.165) is 17.0 Å². The topological polar surface area (TPSA) is 41.8 Å². The summed E-state index contributed by atoms with van der Waals surface area (Å²) in [6, 6.07) is 6.06. The van der Waals surface area contributed by atoms with Crippen molar-refractivity contribution in [2.24, 2.45) is 5.73 Å². The lowest BCUT2D eigenvalue weighted by Gasteiger charge is -2.02. The molecule has 1 aromatic carbocycles. The van der Waals surface area contributed by atoms with Crippen LogP contribution in [0.25, 0.3) is 10.9 Å². The number of nitrogens with one attached hydrogen (secondary N) is 1. The summed E-state index contributed by atoms with van der Waals surface area (Å²) >= 11 is 5.89. The zero-order valence-electron chi connectivity index (χ0n) is 8.05. The molecule has 2 nitrogen and oxygen atoms in total. The monoisotopic (exact) mass is 208 g/mol. The first-order valence-corrected chi connectivity index (χ1v) is 5.05. The van der Waals surface area contributed by atoms with Crippen molar-refractivity contribution in [3.05, 3.63) is 35.0 Å². The van der Waals surface area contributed by atoms with Crippen molar-refractivity contribution in [3.63, 3.8) is 0 Å². The van der Waals surface area contributed by atoms with Gasteiger partial charge in [0.1, 0.15) is 0 Å². The van der Waals surface area contributed by atoms with E-state index in [-0.39, 0.29) is 6.04 Å². The molecule has 0 aliphatic carbocycles. The van der Waals surface area contributed by atoms with Crippen LogP contribution in [0.5, 0.6) is 0 Å². The number of benzene rings is 1. The van der Waals surface area contributed by atoms with E-state index in [2.05, 4.69) is 4.98 Å². The predicted octanol–water partition coefficient (Wildman–Crippen LogP) is 2.71. The normalized spacial score (nSPS) is 13.4. The smallest absolute Gasteiger partial charge is 0.0471 e. The van der Waals surface area contributed by atoms with Crippen LogP contribution in [0, 0.1) is 0 Å². The summed E-state index contributed by atoms with van der Waals surface area (Å²) in [4.78, 5) is 3.19. The highest BCUT2D eigenvalue weighted by Crippen LogP contribution is 2.22. The first kappa shape index (κ1) is 9.56. The third-order valence-electron chi connectivity index (χ3n) is 2.27. The maximum Gasteiger partial charge on any atom is 0.0471 e. The van der Waals surface area contributed by atoms with Crippen LogP contribution < -0.4 is 5.73 Å². The summed E-state index contributed by atoms with van der Waals surface area (Å²) < 4.78 is 0. The third-order valence-corrected chi connectivity index (χ3v) is 2.51. The Labute approximate surface area is 88.1 Å². The number of H-pyrrole nitrogens is 1. The molecular weight excluding hydrogens is 196 g/mol. The van der Waals surface area contributed by atoms with E-state index < -0.39 is 0 Å². The number of halogens is 1. The first-order chi connectivity index (χ1) is 6.66. The van der Waals surface area contributed by atoms with Gasteiger partial charge in [-0.25, -0.2) is 0 Å². The van der Waals surface area contributed by atoms with Crippen LogP contribution in [0.4, 0.5) is 0 Å². The minimum absolute atomic E-state index is 0.185. The molecule has 74 valence electrons. The Morgan fingerprint density at radius 1 is 1.50 bits per heavy atom. The number of fused-ring (bicyclic) bond motifs is 1. The lowest BCUT2D eigenvalue weighted by atomic mass is 10.1. The molecule has 0 spiro atoms. The molecule has 0 fully saturated rings. The van der Waals surface area contributed by atoms with Gasteiger partial charge in [0, 0.05) is 28.2 Å². The molecule has 14 heavy (non-hydrogen) atoms. The summed E-state index contributed by atoms with van der Waals surface area (Å²) in [7, 11) is 0. The van der Waals surface area contributed by atoms with Gasteiger partial charge in [0.2, 0.25) is 0 Å². The molecule has 3 N–H and O–H groups in total. The Bertz CT molecular complexity index is 445. The van der Waals surface area contributed by atoms with Gasteiger partial charge in [-0.15, -0.1) is 0 Å². The zero-order valence-corrected chi connectivity index (χ0v) is 8.81.